The quantitative estimate of drug-likeness (QED) is 0.432. The normalized spacial score (nSPS) is 11.5. The maximum Gasteiger partial charge on any atom is 0.248 e. The first-order chi connectivity index (χ1) is 16.8. The minimum atomic E-state index is -0.995. The summed E-state index contributed by atoms with van der Waals surface area (Å²) in [7, 11) is 0. The number of amides is 3. The monoisotopic (exact) mass is 474 g/mol. The number of phenols is 1. The summed E-state index contributed by atoms with van der Waals surface area (Å²) in [6.07, 6.45) is 1.37. The summed E-state index contributed by atoms with van der Waals surface area (Å²) in [6, 6.07) is 17.5. The molecule has 3 N–H and O–H groups in total. The van der Waals surface area contributed by atoms with Gasteiger partial charge in [-0.05, 0) is 62.2 Å². The lowest BCUT2D eigenvalue weighted by Crippen LogP contribution is -2.46. The smallest absolute Gasteiger partial charge is 0.248 e. The molecule has 1 aromatic heterocycles. The number of para-hydroxylation sites is 1. The highest BCUT2D eigenvalue weighted by atomic mass is 16.3. The molecule has 0 aliphatic heterocycles. The molecule has 3 rings (SSSR count). The van der Waals surface area contributed by atoms with Crippen LogP contribution in [-0.4, -0.2) is 33.9 Å². The number of hydrogen-bond acceptors (Lipinski definition) is 5. The summed E-state index contributed by atoms with van der Waals surface area (Å²) in [6.45, 7) is 5.54. The maximum atomic E-state index is 13.6. The van der Waals surface area contributed by atoms with E-state index < -0.39 is 6.04 Å². The zero-order chi connectivity index (χ0) is 25.4. The van der Waals surface area contributed by atoms with Gasteiger partial charge in [0.2, 0.25) is 17.7 Å². The summed E-state index contributed by atoms with van der Waals surface area (Å²) in [5.74, 6) is -0.641. The molecule has 3 aromatic rings. The lowest BCUT2D eigenvalue weighted by molar-refractivity contribution is -0.127. The van der Waals surface area contributed by atoms with Crippen molar-refractivity contribution in [3.63, 3.8) is 0 Å². The highest BCUT2D eigenvalue weighted by Crippen LogP contribution is 2.32. The molecule has 2 aromatic carbocycles. The molecule has 35 heavy (non-hydrogen) atoms. The van der Waals surface area contributed by atoms with Crippen LogP contribution in [0.3, 0.4) is 0 Å². The average molecular weight is 475 g/mol. The Balaban J connectivity index is 1.94. The van der Waals surface area contributed by atoms with E-state index in [-0.39, 0.29) is 42.4 Å². The number of anilines is 2. The number of benzene rings is 2. The van der Waals surface area contributed by atoms with E-state index in [1.807, 2.05) is 32.9 Å². The van der Waals surface area contributed by atoms with Gasteiger partial charge in [-0.25, -0.2) is 4.98 Å². The van der Waals surface area contributed by atoms with Crippen molar-refractivity contribution < 1.29 is 19.5 Å². The minimum absolute atomic E-state index is 0.0525. The Bertz CT molecular complexity index is 1160. The van der Waals surface area contributed by atoms with E-state index in [1.165, 1.54) is 17.0 Å². The number of hydrogen-bond donors (Lipinski definition) is 3. The van der Waals surface area contributed by atoms with Crippen molar-refractivity contribution in [2.45, 2.75) is 45.7 Å². The topological polar surface area (TPSA) is 112 Å². The molecule has 0 bridgehead atoms. The third-order valence-corrected chi connectivity index (χ3v) is 5.29. The van der Waals surface area contributed by atoms with E-state index in [0.29, 0.717) is 17.1 Å². The Kier molecular flexibility index (Phi) is 8.56. The van der Waals surface area contributed by atoms with Crippen LogP contribution in [0.4, 0.5) is 11.5 Å². The van der Waals surface area contributed by atoms with Gasteiger partial charge in [0.25, 0.3) is 0 Å². The van der Waals surface area contributed by atoms with Crippen LogP contribution in [0.5, 0.6) is 5.75 Å². The Morgan fingerprint density at radius 1 is 0.943 bits per heavy atom. The molecule has 0 unspecified atom stereocenters. The summed E-state index contributed by atoms with van der Waals surface area (Å²) < 4.78 is 0. The second-order valence-corrected chi connectivity index (χ2v) is 8.47. The minimum Gasteiger partial charge on any atom is -0.508 e. The van der Waals surface area contributed by atoms with Crippen molar-refractivity contribution in [2.75, 3.05) is 10.2 Å². The number of carbonyl (C=O) groups excluding carboxylic acids is 3. The van der Waals surface area contributed by atoms with Crippen molar-refractivity contribution in [3.05, 3.63) is 84.1 Å². The fraction of sp³-hybridized carbons (Fsp3) is 0.259. The zero-order valence-electron chi connectivity index (χ0n) is 20.1. The predicted molar refractivity (Wildman–Crippen MR) is 135 cm³/mol. The molecule has 8 heteroatoms. The number of nitrogens with zero attached hydrogens (tertiary/aromatic N) is 2. The molecule has 0 radical (unpaired) electrons. The maximum absolute atomic E-state index is 13.6. The van der Waals surface area contributed by atoms with Crippen LogP contribution in [0.1, 0.15) is 43.9 Å². The largest absolute Gasteiger partial charge is 0.508 e. The van der Waals surface area contributed by atoms with Crippen LogP contribution >= 0.6 is 0 Å². The average Bonchev–Trinajstić information content (AvgIpc) is 2.82. The third kappa shape index (κ3) is 6.89. The van der Waals surface area contributed by atoms with E-state index in [9.17, 15) is 19.5 Å². The Hall–Kier alpha value is -4.20. The third-order valence-electron chi connectivity index (χ3n) is 5.29. The molecule has 0 aliphatic carbocycles. The first-order valence-corrected chi connectivity index (χ1v) is 11.4. The number of phenolic OH excluding ortho intramolecular Hbond substituents is 1. The molecule has 0 spiro atoms. The van der Waals surface area contributed by atoms with Crippen LogP contribution < -0.4 is 15.5 Å². The van der Waals surface area contributed by atoms with Crippen LogP contribution in [0.25, 0.3) is 0 Å². The molecule has 182 valence electrons. The van der Waals surface area contributed by atoms with Crippen molar-refractivity contribution >= 4 is 29.2 Å². The van der Waals surface area contributed by atoms with E-state index >= 15 is 0 Å². The second kappa shape index (κ2) is 11.8. The standard InChI is InChI=1S/C27H30N4O4/c1-18(2)29-27(35)26(20-11-13-21(32)14-12-20)31(22-9-5-4-8-19(22)3)25(34)16-15-24(33)30-23-10-6-7-17-28-23/h4-14,17-18,26,32H,15-16H2,1-3H3,(H,29,35)(H,28,30,33)/t26-/m1/s1. The van der Waals surface area contributed by atoms with Gasteiger partial charge in [0, 0.05) is 30.8 Å². The first kappa shape index (κ1) is 25.4. The van der Waals surface area contributed by atoms with Gasteiger partial charge in [-0.3, -0.25) is 19.3 Å². The number of nitrogens with one attached hydrogen (secondary N) is 2. The molecule has 1 atom stereocenters. The number of carbonyl (C=O) groups is 3. The van der Waals surface area contributed by atoms with Crippen molar-refractivity contribution in [1.29, 1.82) is 0 Å². The van der Waals surface area contributed by atoms with Gasteiger partial charge in [-0.1, -0.05) is 36.4 Å². The summed E-state index contributed by atoms with van der Waals surface area (Å²) in [5, 5.41) is 15.3. The highest BCUT2D eigenvalue weighted by molar-refractivity contribution is 6.03. The molecule has 0 aliphatic rings. The Labute approximate surface area is 205 Å². The summed E-state index contributed by atoms with van der Waals surface area (Å²) in [5.41, 5.74) is 1.91. The summed E-state index contributed by atoms with van der Waals surface area (Å²) >= 11 is 0. The van der Waals surface area contributed by atoms with Crippen LogP contribution in [0.2, 0.25) is 0 Å². The molecule has 0 saturated heterocycles. The number of aryl methyl sites for hydroxylation is 1. The molecule has 0 saturated carbocycles. The molecular weight excluding hydrogens is 444 g/mol. The Morgan fingerprint density at radius 3 is 2.26 bits per heavy atom. The molecule has 8 nitrogen and oxygen atoms in total. The molecule has 3 amide bonds. The molecular formula is C27H30N4O4. The van der Waals surface area contributed by atoms with Crippen molar-refractivity contribution in [1.82, 2.24) is 10.3 Å². The first-order valence-electron chi connectivity index (χ1n) is 11.4. The Morgan fingerprint density at radius 2 is 1.63 bits per heavy atom. The second-order valence-electron chi connectivity index (χ2n) is 8.47. The van der Waals surface area contributed by atoms with Gasteiger partial charge in [0.1, 0.15) is 17.6 Å². The van der Waals surface area contributed by atoms with Crippen LogP contribution in [0.15, 0.2) is 72.9 Å². The van der Waals surface area contributed by atoms with E-state index in [2.05, 4.69) is 15.6 Å². The SMILES string of the molecule is Cc1ccccc1N(C(=O)CCC(=O)Nc1ccccn1)[C@@H](C(=O)NC(C)C)c1ccc(O)cc1. The summed E-state index contributed by atoms with van der Waals surface area (Å²) in [4.78, 5) is 45.0. The van der Waals surface area contributed by atoms with E-state index in [4.69, 9.17) is 0 Å². The van der Waals surface area contributed by atoms with Crippen LogP contribution in [0, 0.1) is 6.92 Å². The lowest BCUT2D eigenvalue weighted by Gasteiger charge is -2.33. The van der Waals surface area contributed by atoms with E-state index in [0.717, 1.165) is 5.56 Å². The molecule has 0 fully saturated rings. The van der Waals surface area contributed by atoms with Gasteiger partial charge in [-0.2, -0.15) is 0 Å². The fourth-order valence-electron chi connectivity index (χ4n) is 3.67. The number of aromatic nitrogens is 1. The van der Waals surface area contributed by atoms with Gasteiger partial charge < -0.3 is 15.7 Å². The highest BCUT2D eigenvalue weighted by Gasteiger charge is 2.33. The molecule has 1 heterocycles. The van der Waals surface area contributed by atoms with Crippen LogP contribution in [-0.2, 0) is 14.4 Å². The fourth-order valence-corrected chi connectivity index (χ4v) is 3.67. The van der Waals surface area contributed by atoms with Crippen molar-refractivity contribution in [2.24, 2.45) is 0 Å². The van der Waals surface area contributed by atoms with Crippen molar-refractivity contribution in [3.8, 4) is 5.75 Å². The van der Waals surface area contributed by atoms with E-state index in [1.54, 1.807) is 48.7 Å². The lowest BCUT2D eigenvalue weighted by atomic mass is 10.0. The van der Waals surface area contributed by atoms with Gasteiger partial charge in [-0.15, -0.1) is 0 Å². The number of rotatable bonds is 9. The zero-order valence-corrected chi connectivity index (χ0v) is 20.1. The van der Waals surface area contributed by atoms with Gasteiger partial charge in [0.05, 0.1) is 0 Å². The number of aromatic hydroxyl groups is 1. The van der Waals surface area contributed by atoms with Gasteiger partial charge >= 0.3 is 0 Å². The van der Waals surface area contributed by atoms with Gasteiger partial charge in [0.15, 0.2) is 0 Å². The predicted octanol–water partition coefficient (Wildman–Crippen LogP) is 4.11. The number of pyridine rings is 1.